The second-order valence-corrected chi connectivity index (χ2v) is 6.90. The van der Waals surface area contributed by atoms with Gasteiger partial charge in [0, 0.05) is 6.04 Å². The lowest BCUT2D eigenvalue weighted by Gasteiger charge is -2.26. The summed E-state index contributed by atoms with van der Waals surface area (Å²) in [6, 6.07) is 5.96. The van der Waals surface area contributed by atoms with Crippen molar-refractivity contribution in [3.05, 3.63) is 35.4 Å². The number of alkyl halides is 3. The highest BCUT2D eigenvalue weighted by molar-refractivity contribution is 7.99. The van der Waals surface area contributed by atoms with Crippen molar-refractivity contribution in [3.63, 3.8) is 0 Å². The molecule has 1 fully saturated rings. The molecule has 2 rings (SSSR count). The third kappa shape index (κ3) is 5.22. The predicted octanol–water partition coefficient (Wildman–Crippen LogP) is 4.37. The molecule has 0 radical (unpaired) electrons. The lowest BCUT2D eigenvalue weighted by Crippen LogP contribution is -2.31. The fourth-order valence-corrected chi connectivity index (χ4v) is 4.05. The maximum absolute atomic E-state index is 12.7. The van der Waals surface area contributed by atoms with E-state index in [4.69, 9.17) is 0 Å². The average molecular weight is 317 g/mol. The maximum Gasteiger partial charge on any atom is 0.416 e. The van der Waals surface area contributed by atoms with Crippen LogP contribution >= 0.6 is 11.8 Å². The van der Waals surface area contributed by atoms with E-state index in [1.54, 1.807) is 6.07 Å². The summed E-state index contributed by atoms with van der Waals surface area (Å²) in [6.45, 7) is 0. The van der Waals surface area contributed by atoms with E-state index in [1.807, 2.05) is 18.8 Å². The zero-order valence-corrected chi connectivity index (χ0v) is 13.1. The smallest absolute Gasteiger partial charge is 0.317 e. The number of hydrogen-bond acceptors (Lipinski definition) is 2. The SMILES string of the molecule is CNC(Cc1cccc(C(F)(F)F)c1)CC1CCSCC1. The summed E-state index contributed by atoms with van der Waals surface area (Å²) in [6.07, 6.45) is -0.0972. The van der Waals surface area contributed by atoms with Crippen molar-refractivity contribution in [3.8, 4) is 0 Å². The van der Waals surface area contributed by atoms with Crippen LogP contribution < -0.4 is 5.32 Å². The largest absolute Gasteiger partial charge is 0.416 e. The molecule has 1 heterocycles. The van der Waals surface area contributed by atoms with Crippen LogP contribution in [0.1, 0.15) is 30.4 Å². The van der Waals surface area contributed by atoms with Gasteiger partial charge in [0.25, 0.3) is 0 Å². The summed E-state index contributed by atoms with van der Waals surface area (Å²) in [5.74, 6) is 3.13. The van der Waals surface area contributed by atoms with Gasteiger partial charge in [0.1, 0.15) is 0 Å². The molecule has 1 nitrogen and oxygen atoms in total. The van der Waals surface area contributed by atoms with Gasteiger partial charge in [0.05, 0.1) is 5.56 Å². The number of benzene rings is 1. The van der Waals surface area contributed by atoms with Gasteiger partial charge in [-0.05, 0) is 61.8 Å². The van der Waals surface area contributed by atoms with Gasteiger partial charge in [-0.2, -0.15) is 24.9 Å². The number of thioether (sulfide) groups is 1. The normalized spacial score (nSPS) is 18.7. The number of halogens is 3. The summed E-state index contributed by atoms with van der Waals surface area (Å²) in [4.78, 5) is 0. The Bertz CT molecular complexity index is 441. The van der Waals surface area contributed by atoms with Crippen LogP contribution in [0.3, 0.4) is 0 Å². The first-order chi connectivity index (χ1) is 9.99. The van der Waals surface area contributed by atoms with E-state index in [0.717, 1.165) is 18.1 Å². The molecule has 1 atom stereocenters. The maximum atomic E-state index is 12.7. The van der Waals surface area contributed by atoms with Gasteiger partial charge >= 0.3 is 6.18 Å². The monoisotopic (exact) mass is 317 g/mol. The zero-order chi connectivity index (χ0) is 15.3. The van der Waals surface area contributed by atoms with Crippen molar-refractivity contribution in [2.45, 2.75) is 37.9 Å². The first-order valence-electron chi connectivity index (χ1n) is 7.40. The predicted molar refractivity (Wildman–Crippen MR) is 82.7 cm³/mol. The van der Waals surface area contributed by atoms with Gasteiger partial charge in [-0.25, -0.2) is 0 Å². The molecule has 1 N–H and O–H groups in total. The number of nitrogens with one attached hydrogen (secondary N) is 1. The number of rotatable bonds is 5. The molecule has 1 aromatic rings. The highest BCUT2D eigenvalue weighted by Gasteiger charge is 2.30. The van der Waals surface area contributed by atoms with E-state index in [1.165, 1.54) is 36.5 Å². The average Bonchev–Trinajstić information content (AvgIpc) is 2.47. The topological polar surface area (TPSA) is 12.0 Å². The summed E-state index contributed by atoms with van der Waals surface area (Å²) < 4.78 is 38.2. The molecule has 0 bridgehead atoms. The Balaban J connectivity index is 1.97. The summed E-state index contributed by atoms with van der Waals surface area (Å²) >= 11 is 2.00. The molecule has 5 heteroatoms. The minimum Gasteiger partial charge on any atom is -0.317 e. The van der Waals surface area contributed by atoms with Crippen molar-refractivity contribution < 1.29 is 13.2 Å². The molecule has 1 aromatic carbocycles. The quantitative estimate of drug-likeness (QED) is 0.865. The molecule has 0 aliphatic carbocycles. The van der Waals surface area contributed by atoms with Crippen molar-refractivity contribution >= 4 is 11.8 Å². The van der Waals surface area contributed by atoms with Crippen molar-refractivity contribution in [2.75, 3.05) is 18.6 Å². The Morgan fingerprint density at radius 2 is 2.00 bits per heavy atom. The molecule has 1 unspecified atom stereocenters. The number of likely N-dealkylation sites (N-methyl/N-ethyl adjacent to an activating group) is 1. The van der Waals surface area contributed by atoms with E-state index in [2.05, 4.69) is 5.32 Å². The molecule has 21 heavy (non-hydrogen) atoms. The highest BCUT2D eigenvalue weighted by Crippen LogP contribution is 2.30. The Morgan fingerprint density at radius 1 is 1.29 bits per heavy atom. The van der Waals surface area contributed by atoms with Crippen molar-refractivity contribution in [1.82, 2.24) is 5.32 Å². The second-order valence-electron chi connectivity index (χ2n) is 5.68. The fraction of sp³-hybridized carbons (Fsp3) is 0.625. The third-order valence-electron chi connectivity index (χ3n) is 4.10. The highest BCUT2D eigenvalue weighted by atomic mass is 32.2. The molecule has 118 valence electrons. The van der Waals surface area contributed by atoms with Gasteiger partial charge in [0.2, 0.25) is 0 Å². The molecular formula is C16H22F3NS. The van der Waals surface area contributed by atoms with Gasteiger partial charge in [-0.15, -0.1) is 0 Å². The van der Waals surface area contributed by atoms with Crippen molar-refractivity contribution in [2.24, 2.45) is 5.92 Å². The molecule has 1 aliphatic rings. The van der Waals surface area contributed by atoms with E-state index >= 15 is 0 Å². The van der Waals surface area contributed by atoms with Gasteiger partial charge < -0.3 is 5.32 Å². The van der Waals surface area contributed by atoms with Crippen LogP contribution in [-0.2, 0) is 12.6 Å². The van der Waals surface area contributed by atoms with Crippen LogP contribution in [0.15, 0.2) is 24.3 Å². The van der Waals surface area contributed by atoms with E-state index in [-0.39, 0.29) is 6.04 Å². The Labute approximate surface area is 128 Å². The summed E-state index contributed by atoms with van der Waals surface area (Å²) in [5.41, 5.74) is 0.207. The molecular weight excluding hydrogens is 295 g/mol. The minimum absolute atomic E-state index is 0.251. The zero-order valence-electron chi connectivity index (χ0n) is 12.2. The van der Waals surface area contributed by atoms with Gasteiger partial charge in [-0.1, -0.05) is 18.2 Å². The Kier molecular flexibility index (Phi) is 5.99. The van der Waals surface area contributed by atoms with E-state index in [0.29, 0.717) is 12.3 Å². The second kappa shape index (κ2) is 7.54. The van der Waals surface area contributed by atoms with Gasteiger partial charge in [-0.3, -0.25) is 0 Å². The Morgan fingerprint density at radius 3 is 2.62 bits per heavy atom. The molecule has 1 saturated heterocycles. The van der Waals surface area contributed by atoms with E-state index in [9.17, 15) is 13.2 Å². The van der Waals surface area contributed by atoms with Crippen LogP contribution in [-0.4, -0.2) is 24.6 Å². The van der Waals surface area contributed by atoms with E-state index < -0.39 is 11.7 Å². The van der Waals surface area contributed by atoms with Crippen molar-refractivity contribution in [1.29, 1.82) is 0 Å². The summed E-state index contributed by atoms with van der Waals surface area (Å²) in [7, 11) is 1.90. The minimum atomic E-state index is -4.26. The van der Waals surface area contributed by atoms with Crippen LogP contribution in [0.5, 0.6) is 0 Å². The molecule has 0 spiro atoms. The first-order valence-corrected chi connectivity index (χ1v) is 8.55. The first kappa shape index (κ1) is 16.7. The van der Waals surface area contributed by atoms with Crippen LogP contribution in [0.25, 0.3) is 0 Å². The van der Waals surface area contributed by atoms with Gasteiger partial charge in [0.15, 0.2) is 0 Å². The molecule has 0 aromatic heterocycles. The molecule has 0 amide bonds. The fourth-order valence-electron chi connectivity index (χ4n) is 2.85. The lowest BCUT2D eigenvalue weighted by atomic mass is 9.91. The lowest BCUT2D eigenvalue weighted by molar-refractivity contribution is -0.137. The van der Waals surface area contributed by atoms with Crippen LogP contribution in [0, 0.1) is 5.92 Å². The standard InChI is InChI=1S/C16H22F3NS/c1-20-15(10-12-5-7-21-8-6-12)11-13-3-2-4-14(9-13)16(17,18)19/h2-4,9,12,15,20H,5-8,10-11H2,1H3. The number of hydrogen-bond donors (Lipinski definition) is 1. The Hall–Kier alpha value is -0.680. The van der Waals surface area contributed by atoms with Crippen LogP contribution in [0.2, 0.25) is 0 Å². The molecule has 0 saturated carbocycles. The molecule has 1 aliphatic heterocycles. The summed E-state index contributed by atoms with van der Waals surface area (Å²) in [5, 5.41) is 3.27. The van der Waals surface area contributed by atoms with Crippen LogP contribution in [0.4, 0.5) is 13.2 Å². The third-order valence-corrected chi connectivity index (χ3v) is 5.15.